The number of anilines is 1. The predicted octanol–water partition coefficient (Wildman–Crippen LogP) is 0.502. The Morgan fingerprint density at radius 1 is 0.980 bits per heavy atom. The van der Waals surface area contributed by atoms with Crippen LogP contribution in [0.2, 0.25) is 0 Å². The van der Waals surface area contributed by atoms with Crippen molar-refractivity contribution in [3.63, 3.8) is 0 Å². The molecule has 49 heavy (non-hydrogen) atoms. The molecule has 1 saturated heterocycles. The van der Waals surface area contributed by atoms with Gasteiger partial charge in [-0.15, -0.1) is 0 Å². The van der Waals surface area contributed by atoms with Gasteiger partial charge in [0.2, 0.25) is 5.91 Å². The number of carboxylic acids is 1. The number of fused-ring (bicyclic) bond motifs is 1. The van der Waals surface area contributed by atoms with Crippen LogP contribution in [0, 0.1) is 5.92 Å². The number of rotatable bonds is 22. The molecular weight excluding hydrogens is 640 g/mol. The van der Waals surface area contributed by atoms with E-state index >= 15 is 0 Å². The van der Waals surface area contributed by atoms with E-state index in [1.807, 2.05) is 13.8 Å². The molecule has 3 heterocycles. The van der Waals surface area contributed by atoms with E-state index in [1.54, 1.807) is 0 Å². The summed E-state index contributed by atoms with van der Waals surface area (Å²) < 4.78 is 5.87. The van der Waals surface area contributed by atoms with Crippen LogP contribution in [0.1, 0.15) is 91.4 Å². The normalized spacial score (nSPS) is 22.8. The number of aliphatic hydroxyl groups excluding tert-OH is 4. The highest BCUT2D eigenvalue weighted by molar-refractivity contribution is 5.88. The highest BCUT2D eigenvalue weighted by Crippen LogP contribution is 2.26. The average Bonchev–Trinajstić information content (AvgIpc) is 3.56. The van der Waals surface area contributed by atoms with Crippen LogP contribution in [0.15, 0.2) is 12.7 Å². The Hall–Kier alpha value is -3.48. The summed E-state index contributed by atoms with van der Waals surface area (Å²) in [6, 6.07) is -2.70. The van der Waals surface area contributed by atoms with Gasteiger partial charge in [0.25, 0.3) is 5.91 Å². The number of carbonyl (C=O) groups excluding carboxylic acids is 2. The number of aliphatic hydroxyl groups is 4. The van der Waals surface area contributed by atoms with Gasteiger partial charge in [0.05, 0.1) is 19.0 Å². The second-order valence-corrected chi connectivity index (χ2v) is 13.0. The number of carboxylic acid groups (broad SMARTS) is 1. The summed E-state index contributed by atoms with van der Waals surface area (Å²) in [6.45, 7) is 4.98. The molecule has 1 fully saturated rings. The third kappa shape index (κ3) is 12.1. The van der Waals surface area contributed by atoms with Gasteiger partial charge in [-0.2, -0.15) is 0 Å². The molecule has 0 aliphatic carbocycles. The van der Waals surface area contributed by atoms with Gasteiger partial charge in [0.15, 0.2) is 23.9 Å². The number of nitrogens with zero attached hydrogens (tertiary/aromatic N) is 3. The molecule has 1 aliphatic heterocycles. The van der Waals surface area contributed by atoms with Crippen molar-refractivity contribution in [1.82, 2.24) is 35.9 Å². The third-order valence-corrected chi connectivity index (χ3v) is 8.51. The quantitative estimate of drug-likeness (QED) is 0.0595. The van der Waals surface area contributed by atoms with Crippen molar-refractivity contribution in [2.24, 2.45) is 5.92 Å². The molecule has 2 aromatic rings. The molecule has 0 radical (unpaired) electrons. The molecule has 10 N–H and O–H groups in total. The highest BCUT2D eigenvalue weighted by Gasteiger charge is 2.48. The Balaban J connectivity index is 1.71. The first-order chi connectivity index (χ1) is 23.5. The van der Waals surface area contributed by atoms with E-state index in [0.29, 0.717) is 17.6 Å². The van der Waals surface area contributed by atoms with Gasteiger partial charge >= 0.3 is 5.97 Å². The zero-order valence-electron chi connectivity index (χ0n) is 28.5. The average molecular weight is 695 g/mol. The number of carbonyl (C=O) groups is 3. The Morgan fingerprint density at radius 3 is 2.29 bits per heavy atom. The van der Waals surface area contributed by atoms with E-state index in [-0.39, 0.29) is 24.6 Å². The zero-order chi connectivity index (χ0) is 35.9. The molecular formula is C32H54N8O9. The molecule has 0 aromatic carbocycles. The van der Waals surface area contributed by atoms with Crippen molar-refractivity contribution in [3.8, 4) is 0 Å². The molecule has 1 unspecified atom stereocenters. The standard InChI is InChI=1S/C32H54N8O9/c1-4-5-6-7-8-9-10-11-12-13-21(43)38-29(37-19(32(47)48)14-18(2)3)30(46)39-22-24(44)25(45)31(49-26(22)20(42)15-41)40-28-23-27(34-16-33-23)35-17-36-28/h16-20,22,24-26,29,31,37,41-42,44-45H,4-15H2,1-3H3,(H,38,43)(H,39,46)(H,47,48)(H2,33,34,35,36,40)/t19-,20-,22+,24+,25+,26-,29?,31-/m0/s1. The summed E-state index contributed by atoms with van der Waals surface area (Å²) in [7, 11) is 0. The van der Waals surface area contributed by atoms with Gasteiger partial charge in [-0.1, -0.05) is 72.1 Å². The number of aromatic nitrogens is 4. The largest absolute Gasteiger partial charge is 0.480 e. The minimum atomic E-state index is -1.76. The fraction of sp³-hybridized carbons (Fsp3) is 0.750. The van der Waals surface area contributed by atoms with E-state index in [4.69, 9.17) is 4.74 Å². The van der Waals surface area contributed by atoms with Gasteiger partial charge < -0.3 is 51.2 Å². The van der Waals surface area contributed by atoms with Crippen molar-refractivity contribution in [3.05, 3.63) is 12.7 Å². The summed E-state index contributed by atoms with van der Waals surface area (Å²) in [5.74, 6) is -2.54. The van der Waals surface area contributed by atoms with Crippen molar-refractivity contribution >= 4 is 34.8 Å². The number of H-pyrrole nitrogens is 1. The minimum absolute atomic E-state index is 0.0647. The first-order valence-corrected chi connectivity index (χ1v) is 17.3. The van der Waals surface area contributed by atoms with Crippen molar-refractivity contribution in [2.45, 2.75) is 140 Å². The number of nitrogens with one attached hydrogen (secondary N) is 5. The van der Waals surface area contributed by atoms with E-state index in [2.05, 4.69) is 48.1 Å². The van der Waals surface area contributed by atoms with E-state index < -0.39 is 73.3 Å². The topological polar surface area (TPSA) is 264 Å². The van der Waals surface area contributed by atoms with Crippen LogP contribution < -0.4 is 21.3 Å². The fourth-order valence-corrected chi connectivity index (χ4v) is 5.82. The Morgan fingerprint density at radius 2 is 1.65 bits per heavy atom. The zero-order valence-corrected chi connectivity index (χ0v) is 28.5. The number of hydrogen-bond acceptors (Lipinski definition) is 13. The molecule has 2 amide bonds. The first-order valence-electron chi connectivity index (χ1n) is 17.3. The maximum Gasteiger partial charge on any atom is 0.320 e. The molecule has 0 spiro atoms. The number of imidazole rings is 1. The molecule has 276 valence electrons. The molecule has 0 bridgehead atoms. The highest BCUT2D eigenvalue weighted by atomic mass is 16.5. The number of ether oxygens (including phenoxy) is 1. The van der Waals surface area contributed by atoms with Crippen molar-refractivity contribution in [1.29, 1.82) is 0 Å². The second kappa shape index (κ2) is 20.3. The molecule has 8 atom stereocenters. The van der Waals surface area contributed by atoms with Gasteiger partial charge in [-0.3, -0.25) is 19.7 Å². The maximum atomic E-state index is 13.7. The summed E-state index contributed by atoms with van der Waals surface area (Å²) in [5, 5.41) is 63.1. The lowest BCUT2D eigenvalue weighted by Crippen LogP contribution is -2.70. The molecule has 17 heteroatoms. The summed E-state index contributed by atoms with van der Waals surface area (Å²) >= 11 is 0. The van der Waals surface area contributed by atoms with E-state index in [0.717, 1.165) is 25.7 Å². The number of hydrogen-bond donors (Lipinski definition) is 10. The Labute approximate surface area is 286 Å². The molecule has 2 aromatic heterocycles. The number of aliphatic carboxylic acids is 1. The van der Waals surface area contributed by atoms with Crippen LogP contribution in [0.25, 0.3) is 11.2 Å². The number of aromatic amines is 1. The van der Waals surface area contributed by atoms with Crippen LogP contribution >= 0.6 is 0 Å². The lowest BCUT2D eigenvalue weighted by atomic mass is 9.92. The smallest absolute Gasteiger partial charge is 0.320 e. The van der Waals surface area contributed by atoms with Gasteiger partial charge in [-0.25, -0.2) is 15.0 Å². The van der Waals surface area contributed by atoms with Crippen LogP contribution in [-0.4, -0.2) is 119 Å². The summed E-state index contributed by atoms with van der Waals surface area (Å²) in [6.07, 6.45) is 2.86. The minimum Gasteiger partial charge on any atom is -0.480 e. The second-order valence-electron chi connectivity index (χ2n) is 13.0. The Kier molecular flexibility index (Phi) is 16.5. The predicted molar refractivity (Wildman–Crippen MR) is 179 cm³/mol. The van der Waals surface area contributed by atoms with Crippen LogP contribution in [0.5, 0.6) is 0 Å². The van der Waals surface area contributed by atoms with Crippen LogP contribution in [-0.2, 0) is 19.1 Å². The monoisotopic (exact) mass is 694 g/mol. The third-order valence-electron chi connectivity index (χ3n) is 8.51. The van der Waals surface area contributed by atoms with E-state index in [9.17, 15) is 39.9 Å². The van der Waals surface area contributed by atoms with Gasteiger partial charge in [0, 0.05) is 6.42 Å². The first kappa shape index (κ1) is 40.0. The molecule has 3 rings (SSSR count). The molecule has 17 nitrogen and oxygen atoms in total. The van der Waals surface area contributed by atoms with Crippen molar-refractivity contribution < 1.29 is 44.7 Å². The van der Waals surface area contributed by atoms with Crippen LogP contribution in [0.4, 0.5) is 5.82 Å². The van der Waals surface area contributed by atoms with Gasteiger partial charge in [0.1, 0.15) is 42.3 Å². The van der Waals surface area contributed by atoms with E-state index in [1.165, 1.54) is 38.3 Å². The lowest BCUT2D eigenvalue weighted by Gasteiger charge is -2.45. The van der Waals surface area contributed by atoms with Gasteiger partial charge in [-0.05, 0) is 18.8 Å². The molecule has 1 aliphatic rings. The lowest BCUT2D eigenvalue weighted by molar-refractivity contribution is -0.204. The SMILES string of the molecule is CCCCCCCCCCCC(=O)NC(N[C@@H](CC(C)C)C(=O)O)C(=O)N[C@@H]1[C@@H](O)[C@@H](O)[C@@H](Nc2ncnc3nc[nH]c23)O[C@H]1[C@@H](O)CO. The van der Waals surface area contributed by atoms with Crippen LogP contribution in [0.3, 0.4) is 0 Å². The Bertz CT molecular complexity index is 1310. The number of amides is 2. The maximum absolute atomic E-state index is 13.7. The fourth-order valence-electron chi connectivity index (χ4n) is 5.82. The molecule has 0 saturated carbocycles. The number of unbranched alkanes of at least 4 members (excludes halogenated alkanes) is 8. The summed E-state index contributed by atoms with van der Waals surface area (Å²) in [4.78, 5) is 53.7. The van der Waals surface area contributed by atoms with Crippen molar-refractivity contribution in [2.75, 3.05) is 11.9 Å². The summed E-state index contributed by atoms with van der Waals surface area (Å²) in [5.41, 5.74) is 0.694.